The van der Waals surface area contributed by atoms with Crippen molar-refractivity contribution in [2.75, 3.05) is 11.9 Å². The molecule has 1 N–H and O–H groups in total. The molecule has 0 atom stereocenters. The van der Waals surface area contributed by atoms with E-state index in [1.807, 2.05) is 36.4 Å². The van der Waals surface area contributed by atoms with Crippen LogP contribution in [0.4, 0.5) is 18.9 Å². The Balaban J connectivity index is 1.45. The first-order chi connectivity index (χ1) is 17.3. The number of ether oxygens (including phenoxy) is 1. The van der Waals surface area contributed by atoms with E-state index in [4.69, 9.17) is 4.74 Å². The highest BCUT2D eigenvalue weighted by atomic mass is 19.4. The average molecular weight is 492 g/mol. The summed E-state index contributed by atoms with van der Waals surface area (Å²) in [6.07, 6.45) is 2.94. The van der Waals surface area contributed by atoms with Gasteiger partial charge in [-0.3, -0.25) is 9.78 Å². The molecule has 0 saturated heterocycles. The molecule has 36 heavy (non-hydrogen) atoms. The fourth-order valence-electron chi connectivity index (χ4n) is 3.32. The molecule has 0 unspecified atom stereocenters. The zero-order valence-electron chi connectivity index (χ0n) is 18.6. The minimum Gasteiger partial charge on any atom is -0.452 e. The van der Waals surface area contributed by atoms with E-state index < -0.39 is 35.9 Å². The highest BCUT2D eigenvalue weighted by Crippen LogP contribution is 2.34. The number of benzene rings is 2. The number of aromatic nitrogens is 3. The second kappa shape index (κ2) is 10.7. The van der Waals surface area contributed by atoms with E-state index in [0.717, 1.165) is 29.5 Å². The zero-order valence-corrected chi connectivity index (χ0v) is 18.6. The van der Waals surface area contributed by atoms with Crippen LogP contribution in [-0.4, -0.2) is 33.2 Å². The summed E-state index contributed by atoms with van der Waals surface area (Å²) in [5, 5.41) is 6.71. The molecule has 2 aromatic heterocycles. The average Bonchev–Trinajstić information content (AvgIpc) is 3.31. The van der Waals surface area contributed by atoms with Crippen molar-refractivity contribution in [2.24, 2.45) is 0 Å². The highest BCUT2D eigenvalue weighted by molar-refractivity contribution is 5.95. The molecule has 2 heterocycles. The first-order valence-electron chi connectivity index (χ1n) is 10.7. The summed E-state index contributed by atoms with van der Waals surface area (Å²) in [6.45, 7) is -0.756. The third-order valence-corrected chi connectivity index (χ3v) is 4.95. The van der Waals surface area contributed by atoms with E-state index in [0.29, 0.717) is 11.3 Å². The Morgan fingerprint density at radius 1 is 1.00 bits per heavy atom. The van der Waals surface area contributed by atoms with Crippen molar-refractivity contribution in [1.82, 2.24) is 14.8 Å². The van der Waals surface area contributed by atoms with Crippen LogP contribution in [0.3, 0.4) is 0 Å². The van der Waals surface area contributed by atoms with Gasteiger partial charge in [0.15, 0.2) is 6.61 Å². The van der Waals surface area contributed by atoms with Crippen LogP contribution in [0.15, 0.2) is 91.4 Å². The number of pyridine rings is 1. The Morgan fingerprint density at radius 3 is 2.47 bits per heavy atom. The highest BCUT2D eigenvalue weighted by Gasteiger charge is 2.33. The molecule has 0 spiro atoms. The lowest BCUT2D eigenvalue weighted by Crippen LogP contribution is -2.22. The summed E-state index contributed by atoms with van der Waals surface area (Å²) in [6, 6.07) is 17.5. The molecule has 1 amide bonds. The lowest BCUT2D eigenvalue weighted by molar-refractivity contribution is -0.142. The molecule has 0 bridgehead atoms. The largest absolute Gasteiger partial charge is 0.452 e. The van der Waals surface area contributed by atoms with E-state index in [9.17, 15) is 22.8 Å². The standard InChI is InChI=1S/C26H19F3N4O3/c27-26(28,29)21-10-4-5-11-22(21)31-23(34)17-36-24(35)13-12-19-16-33(20-8-2-1-3-9-20)32-25(19)18-7-6-14-30-15-18/h1-16H,17H2,(H,31,34)/b13-12+. The lowest BCUT2D eigenvalue weighted by Gasteiger charge is -2.13. The Hall–Kier alpha value is -4.73. The van der Waals surface area contributed by atoms with E-state index in [-0.39, 0.29) is 0 Å². The van der Waals surface area contributed by atoms with Crippen LogP contribution < -0.4 is 5.32 Å². The van der Waals surface area contributed by atoms with Gasteiger partial charge in [-0.1, -0.05) is 30.3 Å². The molecule has 4 rings (SSSR count). The molecular formula is C26H19F3N4O3. The van der Waals surface area contributed by atoms with Gasteiger partial charge < -0.3 is 10.1 Å². The van der Waals surface area contributed by atoms with Gasteiger partial charge in [-0.25, -0.2) is 9.48 Å². The van der Waals surface area contributed by atoms with Gasteiger partial charge >= 0.3 is 12.1 Å². The van der Waals surface area contributed by atoms with Crippen LogP contribution in [0.25, 0.3) is 23.0 Å². The maximum absolute atomic E-state index is 13.1. The molecule has 0 aliphatic heterocycles. The Kier molecular flexibility index (Phi) is 7.24. The SMILES string of the molecule is O=C(COC(=O)/C=C/c1cn(-c2ccccc2)nc1-c1cccnc1)Nc1ccccc1C(F)(F)F. The summed E-state index contributed by atoms with van der Waals surface area (Å²) in [5.74, 6) is -1.75. The van der Waals surface area contributed by atoms with Gasteiger partial charge in [0.1, 0.15) is 5.69 Å². The van der Waals surface area contributed by atoms with Crippen molar-refractivity contribution in [3.8, 4) is 16.9 Å². The number of esters is 1. The number of rotatable bonds is 7. The topological polar surface area (TPSA) is 86.1 Å². The minimum absolute atomic E-state index is 0.420. The van der Waals surface area contributed by atoms with E-state index in [1.54, 1.807) is 29.3 Å². The third-order valence-electron chi connectivity index (χ3n) is 4.95. The maximum atomic E-state index is 13.1. The zero-order chi connectivity index (χ0) is 25.5. The van der Waals surface area contributed by atoms with Gasteiger partial charge in [0, 0.05) is 35.8 Å². The van der Waals surface area contributed by atoms with Crippen LogP contribution in [0.1, 0.15) is 11.1 Å². The Morgan fingerprint density at radius 2 is 1.75 bits per heavy atom. The summed E-state index contributed by atoms with van der Waals surface area (Å²) < 4.78 is 45.8. The number of carbonyl (C=O) groups is 2. The van der Waals surface area contributed by atoms with Crippen LogP contribution in [0.5, 0.6) is 0 Å². The fraction of sp³-hybridized carbons (Fsp3) is 0.0769. The van der Waals surface area contributed by atoms with Gasteiger partial charge in [-0.15, -0.1) is 0 Å². The Labute approximate surface area is 203 Å². The normalized spacial score (nSPS) is 11.4. The second-order valence-electron chi connectivity index (χ2n) is 7.49. The van der Waals surface area contributed by atoms with Gasteiger partial charge in [0.2, 0.25) is 0 Å². The quantitative estimate of drug-likeness (QED) is 0.285. The van der Waals surface area contributed by atoms with Crippen LogP contribution in [0.2, 0.25) is 0 Å². The molecule has 4 aromatic rings. The second-order valence-corrected chi connectivity index (χ2v) is 7.49. The summed E-state index contributed by atoms with van der Waals surface area (Å²) >= 11 is 0. The number of anilines is 1. The van der Waals surface area contributed by atoms with E-state index in [2.05, 4.69) is 15.4 Å². The third kappa shape index (κ3) is 6.03. The van der Waals surface area contributed by atoms with Crippen molar-refractivity contribution < 1.29 is 27.5 Å². The predicted molar refractivity (Wildman–Crippen MR) is 127 cm³/mol. The molecule has 2 aromatic carbocycles. The smallest absolute Gasteiger partial charge is 0.418 e. The Bertz CT molecular complexity index is 1380. The number of halogens is 3. The summed E-state index contributed by atoms with van der Waals surface area (Å²) in [7, 11) is 0. The van der Waals surface area contributed by atoms with Crippen molar-refractivity contribution in [3.63, 3.8) is 0 Å². The maximum Gasteiger partial charge on any atom is 0.418 e. The van der Waals surface area contributed by atoms with Crippen LogP contribution >= 0.6 is 0 Å². The van der Waals surface area contributed by atoms with E-state index >= 15 is 0 Å². The molecule has 7 nitrogen and oxygen atoms in total. The molecule has 0 fully saturated rings. The van der Waals surface area contributed by atoms with Crippen LogP contribution in [-0.2, 0) is 20.5 Å². The van der Waals surface area contributed by atoms with Crippen molar-refractivity contribution in [2.45, 2.75) is 6.18 Å². The summed E-state index contributed by atoms with van der Waals surface area (Å²) in [5.41, 5.74) is 1.27. The monoisotopic (exact) mass is 492 g/mol. The number of para-hydroxylation sites is 2. The number of nitrogens with zero attached hydrogens (tertiary/aromatic N) is 3. The number of carbonyl (C=O) groups excluding carboxylic acids is 2. The predicted octanol–water partition coefficient (Wildman–Crippen LogP) is 5.15. The van der Waals surface area contributed by atoms with E-state index in [1.165, 1.54) is 18.2 Å². The number of alkyl halides is 3. The summed E-state index contributed by atoms with van der Waals surface area (Å²) in [4.78, 5) is 28.4. The van der Waals surface area contributed by atoms with Crippen molar-refractivity contribution in [1.29, 1.82) is 0 Å². The molecule has 182 valence electrons. The van der Waals surface area contributed by atoms with Gasteiger partial charge in [0.05, 0.1) is 16.9 Å². The molecular weight excluding hydrogens is 473 g/mol. The molecule has 0 aliphatic carbocycles. The van der Waals surface area contributed by atoms with Crippen molar-refractivity contribution >= 4 is 23.6 Å². The van der Waals surface area contributed by atoms with Crippen molar-refractivity contribution in [3.05, 3.63) is 103 Å². The fourth-order valence-corrected chi connectivity index (χ4v) is 3.32. The first-order valence-corrected chi connectivity index (χ1v) is 10.7. The van der Waals surface area contributed by atoms with Gasteiger partial charge in [-0.2, -0.15) is 18.3 Å². The number of amides is 1. The molecule has 0 radical (unpaired) electrons. The minimum atomic E-state index is -4.64. The van der Waals surface area contributed by atoms with Gasteiger partial charge in [0.25, 0.3) is 5.91 Å². The number of nitrogens with one attached hydrogen (secondary N) is 1. The van der Waals surface area contributed by atoms with Crippen LogP contribution in [0, 0.1) is 0 Å². The first kappa shape index (κ1) is 24.4. The molecule has 0 aliphatic rings. The number of hydrogen-bond donors (Lipinski definition) is 1. The number of hydrogen-bond acceptors (Lipinski definition) is 5. The van der Waals surface area contributed by atoms with Gasteiger partial charge in [-0.05, 0) is 42.5 Å². The lowest BCUT2D eigenvalue weighted by atomic mass is 10.1. The molecule has 0 saturated carbocycles. The molecule has 10 heteroatoms.